The van der Waals surface area contributed by atoms with Gasteiger partial charge in [0.1, 0.15) is 5.82 Å². The normalized spacial score (nSPS) is 20.8. The summed E-state index contributed by atoms with van der Waals surface area (Å²) in [7, 11) is 0. The minimum absolute atomic E-state index is 0.156. The maximum absolute atomic E-state index is 12.2. The lowest BCUT2D eigenvalue weighted by atomic mass is 10.0. The third-order valence-corrected chi connectivity index (χ3v) is 4.40. The lowest BCUT2D eigenvalue weighted by Gasteiger charge is -2.32. The zero-order valence-corrected chi connectivity index (χ0v) is 14.5. The minimum Gasteiger partial charge on any atom is -0.369 e. The van der Waals surface area contributed by atoms with E-state index in [1.54, 1.807) is 6.20 Å². The van der Waals surface area contributed by atoms with E-state index in [4.69, 9.17) is 4.74 Å². The van der Waals surface area contributed by atoms with E-state index >= 15 is 0 Å². The molecule has 2 amide bonds. The van der Waals surface area contributed by atoms with Gasteiger partial charge in [-0.3, -0.25) is 10.00 Å². The van der Waals surface area contributed by atoms with Gasteiger partial charge >= 0.3 is 6.03 Å². The van der Waals surface area contributed by atoms with Crippen LogP contribution in [0.2, 0.25) is 0 Å². The summed E-state index contributed by atoms with van der Waals surface area (Å²) in [5.74, 6) is 0.502. The van der Waals surface area contributed by atoms with Crippen LogP contribution in [0.15, 0.2) is 18.3 Å². The van der Waals surface area contributed by atoms with Crippen molar-refractivity contribution in [2.75, 3.05) is 11.9 Å². The molecule has 0 aliphatic carbocycles. The van der Waals surface area contributed by atoms with Crippen LogP contribution in [0.4, 0.5) is 10.6 Å². The fourth-order valence-electron chi connectivity index (χ4n) is 2.64. The Balaban J connectivity index is 2.06. The van der Waals surface area contributed by atoms with E-state index in [2.05, 4.69) is 20.7 Å². The molecule has 0 fully saturated rings. The summed E-state index contributed by atoms with van der Waals surface area (Å²) in [4.78, 5) is 16.8. The molecule has 0 saturated carbocycles. The maximum atomic E-state index is 12.2. The van der Waals surface area contributed by atoms with E-state index < -0.39 is 5.60 Å². The fraction of sp³-hybridized carbons (Fsp3) is 0.471. The van der Waals surface area contributed by atoms with Crippen molar-refractivity contribution in [1.29, 1.82) is 0 Å². The topological polar surface area (TPSA) is 81.1 Å². The molecule has 0 aromatic carbocycles. The van der Waals surface area contributed by atoms with Crippen molar-refractivity contribution in [3.05, 3.63) is 24.0 Å². The van der Waals surface area contributed by atoms with Crippen LogP contribution in [0.25, 0.3) is 17.0 Å². The van der Waals surface area contributed by atoms with Crippen molar-refractivity contribution in [2.24, 2.45) is 0 Å². The van der Waals surface area contributed by atoms with Crippen molar-refractivity contribution in [3.8, 4) is 0 Å². The Hall–Kier alpha value is -2.41. The molecule has 0 spiro atoms. The van der Waals surface area contributed by atoms with Crippen LogP contribution in [-0.2, 0) is 11.3 Å². The van der Waals surface area contributed by atoms with Gasteiger partial charge in [-0.1, -0.05) is 6.08 Å². The average molecular weight is 329 g/mol. The molecule has 128 valence electrons. The summed E-state index contributed by atoms with van der Waals surface area (Å²) < 4.78 is 7.80. The fourth-order valence-corrected chi connectivity index (χ4v) is 2.64. The van der Waals surface area contributed by atoms with Crippen LogP contribution in [0.3, 0.4) is 0 Å². The SMILES string of the molecule is CCn1ncc2cc3nc(c21)C=CCOC(C)(C)[C@@H](C)NC(=O)N3. The molecule has 3 rings (SSSR count). The number of fused-ring (bicyclic) bond motifs is 4. The van der Waals surface area contributed by atoms with Gasteiger partial charge in [-0.05, 0) is 39.8 Å². The van der Waals surface area contributed by atoms with E-state index in [0.717, 1.165) is 23.1 Å². The standard InChI is InChI=1S/C17H23N5O2/c1-5-22-15-12(10-18-22)9-14-20-13(15)7-6-8-24-17(3,4)11(2)19-16(23)21-14/h6-7,9-11H,5,8H2,1-4H3,(H2,19,20,21,23)/t11-/m1/s1. The molecular weight excluding hydrogens is 306 g/mol. The molecule has 0 unspecified atom stereocenters. The van der Waals surface area contributed by atoms with Gasteiger partial charge in [0.2, 0.25) is 0 Å². The summed E-state index contributed by atoms with van der Waals surface area (Å²) in [6.07, 6.45) is 5.65. The van der Waals surface area contributed by atoms with Gasteiger partial charge in [0.15, 0.2) is 0 Å². The summed E-state index contributed by atoms with van der Waals surface area (Å²) >= 11 is 0. The summed E-state index contributed by atoms with van der Waals surface area (Å²) in [6, 6.07) is 1.38. The van der Waals surface area contributed by atoms with Gasteiger partial charge in [-0.2, -0.15) is 5.10 Å². The predicted octanol–water partition coefficient (Wildman–Crippen LogP) is 2.78. The quantitative estimate of drug-likeness (QED) is 0.843. The average Bonchev–Trinajstić information content (AvgIpc) is 2.93. The van der Waals surface area contributed by atoms with Gasteiger partial charge < -0.3 is 10.1 Å². The van der Waals surface area contributed by atoms with Crippen LogP contribution in [-0.4, -0.2) is 39.0 Å². The predicted molar refractivity (Wildman–Crippen MR) is 93.9 cm³/mol. The van der Waals surface area contributed by atoms with Gasteiger partial charge in [0, 0.05) is 11.9 Å². The number of ether oxygens (including phenoxy) is 1. The maximum Gasteiger partial charge on any atom is 0.320 e. The second-order valence-electron chi connectivity index (χ2n) is 6.43. The molecule has 2 aromatic rings. The number of hydrogen-bond acceptors (Lipinski definition) is 4. The molecule has 1 aliphatic rings. The zero-order valence-electron chi connectivity index (χ0n) is 14.5. The second-order valence-corrected chi connectivity index (χ2v) is 6.43. The number of carbonyl (C=O) groups is 1. The van der Waals surface area contributed by atoms with E-state index in [1.807, 2.05) is 50.6 Å². The van der Waals surface area contributed by atoms with Gasteiger partial charge in [-0.25, -0.2) is 9.78 Å². The van der Waals surface area contributed by atoms with E-state index in [1.165, 1.54) is 0 Å². The first-order valence-electron chi connectivity index (χ1n) is 8.15. The molecule has 2 N–H and O–H groups in total. The van der Waals surface area contributed by atoms with Crippen LogP contribution in [0.5, 0.6) is 0 Å². The number of hydrogen-bond donors (Lipinski definition) is 2. The highest BCUT2D eigenvalue weighted by Gasteiger charge is 2.28. The highest BCUT2D eigenvalue weighted by Crippen LogP contribution is 2.23. The number of aromatic nitrogens is 3. The van der Waals surface area contributed by atoms with E-state index in [-0.39, 0.29) is 12.1 Å². The smallest absolute Gasteiger partial charge is 0.320 e. The third-order valence-electron chi connectivity index (χ3n) is 4.40. The molecule has 0 saturated heterocycles. The van der Waals surface area contributed by atoms with Crippen molar-refractivity contribution in [1.82, 2.24) is 20.1 Å². The highest BCUT2D eigenvalue weighted by molar-refractivity contribution is 5.93. The van der Waals surface area contributed by atoms with Crippen LogP contribution < -0.4 is 10.6 Å². The van der Waals surface area contributed by atoms with Gasteiger partial charge in [0.05, 0.1) is 35.7 Å². The Morgan fingerprint density at radius 3 is 3.00 bits per heavy atom. The molecule has 24 heavy (non-hydrogen) atoms. The summed E-state index contributed by atoms with van der Waals surface area (Å²) in [5.41, 5.74) is 1.23. The Bertz CT molecular complexity index is 794. The number of urea groups is 1. The van der Waals surface area contributed by atoms with Crippen LogP contribution in [0, 0.1) is 0 Å². The number of anilines is 1. The first kappa shape index (κ1) is 16.4. The van der Waals surface area contributed by atoms with Crippen LogP contribution in [0.1, 0.15) is 33.4 Å². The molecule has 1 atom stereocenters. The number of nitrogens with zero attached hydrogens (tertiary/aromatic N) is 3. The summed E-state index contributed by atoms with van der Waals surface area (Å²) in [6.45, 7) is 9.06. The molecule has 0 radical (unpaired) electrons. The molecule has 2 bridgehead atoms. The van der Waals surface area contributed by atoms with E-state index in [0.29, 0.717) is 12.4 Å². The Morgan fingerprint density at radius 2 is 2.25 bits per heavy atom. The zero-order chi connectivity index (χ0) is 17.3. The van der Waals surface area contributed by atoms with Crippen molar-refractivity contribution >= 4 is 28.8 Å². The minimum atomic E-state index is -0.484. The third kappa shape index (κ3) is 3.12. The molecule has 7 nitrogen and oxygen atoms in total. The Labute approximate surface area is 141 Å². The number of aryl methyl sites for hydroxylation is 1. The lowest BCUT2D eigenvalue weighted by molar-refractivity contribution is -0.0222. The van der Waals surface area contributed by atoms with Crippen molar-refractivity contribution in [2.45, 2.75) is 45.9 Å². The lowest BCUT2D eigenvalue weighted by Crippen LogP contribution is -2.50. The van der Waals surface area contributed by atoms with Crippen molar-refractivity contribution < 1.29 is 9.53 Å². The number of rotatable bonds is 1. The van der Waals surface area contributed by atoms with Gasteiger partial charge in [0.25, 0.3) is 0 Å². The van der Waals surface area contributed by atoms with E-state index in [9.17, 15) is 4.79 Å². The molecule has 7 heteroatoms. The van der Waals surface area contributed by atoms with Gasteiger partial charge in [-0.15, -0.1) is 0 Å². The number of amides is 2. The van der Waals surface area contributed by atoms with Crippen molar-refractivity contribution in [3.63, 3.8) is 0 Å². The molecule has 3 heterocycles. The first-order chi connectivity index (χ1) is 11.4. The Morgan fingerprint density at radius 1 is 1.46 bits per heavy atom. The molecular formula is C17H23N5O2. The number of nitrogens with one attached hydrogen (secondary N) is 2. The number of pyridine rings is 1. The monoisotopic (exact) mass is 329 g/mol. The number of carbonyl (C=O) groups excluding carboxylic acids is 1. The first-order valence-corrected chi connectivity index (χ1v) is 8.15. The Kier molecular flexibility index (Phi) is 4.28. The molecule has 2 aromatic heterocycles. The van der Waals surface area contributed by atoms with Crippen LogP contribution >= 0.6 is 0 Å². The highest BCUT2D eigenvalue weighted by atomic mass is 16.5. The summed E-state index contributed by atoms with van der Waals surface area (Å²) in [5, 5.41) is 11.0. The largest absolute Gasteiger partial charge is 0.369 e. The second kappa shape index (κ2) is 6.24. The molecule has 1 aliphatic heterocycles.